The van der Waals surface area contributed by atoms with Crippen molar-refractivity contribution in [3.05, 3.63) is 70.1 Å². The number of hydrogen-bond donors (Lipinski definition) is 1. The van der Waals surface area contributed by atoms with Gasteiger partial charge >= 0.3 is 0 Å². The van der Waals surface area contributed by atoms with Crippen molar-refractivity contribution in [2.24, 2.45) is 0 Å². The van der Waals surface area contributed by atoms with Crippen LogP contribution in [-0.2, 0) is 0 Å². The van der Waals surface area contributed by atoms with Gasteiger partial charge in [0.1, 0.15) is 17.1 Å². The lowest BCUT2D eigenvalue weighted by atomic mass is 10.1. The van der Waals surface area contributed by atoms with Crippen LogP contribution in [0.3, 0.4) is 0 Å². The van der Waals surface area contributed by atoms with Crippen LogP contribution in [0.15, 0.2) is 57.7 Å². The van der Waals surface area contributed by atoms with Gasteiger partial charge in [0.2, 0.25) is 0 Å². The van der Waals surface area contributed by atoms with Crippen LogP contribution in [0.5, 0.6) is 5.75 Å². The first-order valence-corrected chi connectivity index (χ1v) is 7.28. The molecule has 0 saturated heterocycles. The summed E-state index contributed by atoms with van der Waals surface area (Å²) in [6, 6.07) is 14.5. The van der Waals surface area contributed by atoms with E-state index in [4.69, 9.17) is 9.15 Å². The molecule has 23 heavy (non-hydrogen) atoms. The molecule has 0 aliphatic rings. The van der Waals surface area contributed by atoms with Gasteiger partial charge in [-0.2, -0.15) is 0 Å². The molecular weight excluding hydrogens is 290 g/mol. The molecule has 3 aromatic rings. The van der Waals surface area contributed by atoms with E-state index in [0.717, 1.165) is 17.0 Å². The number of para-hydroxylation sites is 1. The number of methoxy groups -OCH3 is 1. The van der Waals surface area contributed by atoms with E-state index >= 15 is 0 Å². The Morgan fingerprint density at radius 1 is 1.09 bits per heavy atom. The number of hydrogen-bond acceptors (Lipinski definition) is 4. The molecule has 4 heteroatoms. The fourth-order valence-corrected chi connectivity index (χ4v) is 2.38. The Labute approximate surface area is 134 Å². The van der Waals surface area contributed by atoms with Gasteiger partial charge in [-0.25, -0.2) is 0 Å². The maximum Gasteiger partial charge on any atom is 0.193 e. The van der Waals surface area contributed by atoms with Crippen molar-refractivity contribution in [3.8, 4) is 5.75 Å². The molecule has 0 atom stereocenters. The van der Waals surface area contributed by atoms with Crippen molar-refractivity contribution in [1.29, 1.82) is 0 Å². The minimum Gasteiger partial charge on any atom is -0.496 e. The summed E-state index contributed by atoms with van der Waals surface area (Å²) in [7, 11) is 3.48. The highest BCUT2D eigenvalue weighted by atomic mass is 16.5. The van der Waals surface area contributed by atoms with Crippen molar-refractivity contribution >= 4 is 28.8 Å². The molecule has 0 aliphatic carbocycles. The quantitative estimate of drug-likeness (QED) is 0.791. The molecule has 1 heterocycles. The zero-order valence-corrected chi connectivity index (χ0v) is 13.0. The van der Waals surface area contributed by atoms with Crippen LogP contribution in [0.2, 0.25) is 0 Å². The van der Waals surface area contributed by atoms with Gasteiger partial charge in [0.05, 0.1) is 12.5 Å². The van der Waals surface area contributed by atoms with E-state index in [9.17, 15) is 4.79 Å². The van der Waals surface area contributed by atoms with Crippen LogP contribution in [0.4, 0.5) is 5.69 Å². The van der Waals surface area contributed by atoms with E-state index in [-0.39, 0.29) is 5.43 Å². The summed E-state index contributed by atoms with van der Waals surface area (Å²) >= 11 is 0. The summed E-state index contributed by atoms with van der Waals surface area (Å²) in [6.45, 7) is 0. The lowest BCUT2D eigenvalue weighted by Gasteiger charge is -2.07. The molecule has 0 unspecified atom stereocenters. The van der Waals surface area contributed by atoms with E-state index in [1.165, 1.54) is 6.07 Å². The molecule has 1 N–H and O–H groups in total. The largest absolute Gasteiger partial charge is 0.496 e. The highest BCUT2D eigenvalue weighted by Crippen LogP contribution is 2.25. The Hall–Kier alpha value is -3.01. The molecule has 1 aromatic heterocycles. The van der Waals surface area contributed by atoms with Crippen LogP contribution in [0.1, 0.15) is 11.3 Å². The fraction of sp³-hybridized carbons (Fsp3) is 0.105. The molecular formula is C19H17NO3. The Morgan fingerprint density at radius 2 is 1.91 bits per heavy atom. The summed E-state index contributed by atoms with van der Waals surface area (Å²) in [6.07, 6.45) is 3.63. The summed E-state index contributed by atoms with van der Waals surface area (Å²) in [5, 5.41) is 3.65. The topological polar surface area (TPSA) is 51.5 Å². The second kappa shape index (κ2) is 6.40. The smallest absolute Gasteiger partial charge is 0.193 e. The Kier molecular flexibility index (Phi) is 4.15. The molecule has 2 aromatic carbocycles. The van der Waals surface area contributed by atoms with Gasteiger partial charge in [-0.05, 0) is 36.4 Å². The third kappa shape index (κ3) is 3.11. The Balaban J connectivity index is 1.98. The monoisotopic (exact) mass is 307 g/mol. The maximum absolute atomic E-state index is 12.1. The van der Waals surface area contributed by atoms with Crippen LogP contribution in [-0.4, -0.2) is 14.2 Å². The number of benzene rings is 2. The van der Waals surface area contributed by atoms with E-state index in [2.05, 4.69) is 5.32 Å². The first kappa shape index (κ1) is 14.9. The van der Waals surface area contributed by atoms with Crippen molar-refractivity contribution in [1.82, 2.24) is 0 Å². The molecule has 4 nitrogen and oxygen atoms in total. The van der Waals surface area contributed by atoms with Gasteiger partial charge in [-0.1, -0.05) is 12.1 Å². The average molecular weight is 307 g/mol. The minimum absolute atomic E-state index is 0.0519. The fourth-order valence-electron chi connectivity index (χ4n) is 2.38. The SMILES string of the molecule is CNc1ccc(C=Cc2cc(=O)c3ccccc3o2)c(OC)c1. The third-order valence-corrected chi connectivity index (χ3v) is 3.60. The minimum atomic E-state index is -0.0519. The molecule has 0 aliphatic heterocycles. The number of fused-ring (bicyclic) bond motifs is 1. The standard InChI is InChI=1S/C19H17NO3/c1-20-14-9-7-13(19(11-14)22-2)8-10-15-12-17(21)16-5-3-4-6-18(16)23-15/h3-12,20H,1-2H3. The predicted octanol–water partition coefficient (Wildman–Crippen LogP) is 4.01. The second-order valence-corrected chi connectivity index (χ2v) is 5.05. The first-order chi connectivity index (χ1) is 11.2. The van der Waals surface area contributed by atoms with Crippen LogP contribution < -0.4 is 15.5 Å². The van der Waals surface area contributed by atoms with Crippen molar-refractivity contribution < 1.29 is 9.15 Å². The van der Waals surface area contributed by atoms with Crippen LogP contribution >= 0.6 is 0 Å². The lowest BCUT2D eigenvalue weighted by Crippen LogP contribution is -1.99. The van der Waals surface area contributed by atoms with Gasteiger partial charge in [0, 0.05) is 30.4 Å². The molecule has 3 rings (SSSR count). The summed E-state index contributed by atoms with van der Waals surface area (Å²) < 4.78 is 11.1. The number of ether oxygens (including phenoxy) is 1. The highest BCUT2D eigenvalue weighted by Gasteiger charge is 2.04. The average Bonchev–Trinajstić information content (AvgIpc) is 2.60. The van der Waals surface area contributed by atoms with Gasteiger partial charge in [-0.3, -0.25) is 4.79 Å². The van der Waals surface area contributed by atoms with E-state index in [1.54, 1.807) is 25.3 Å². The number of nitrogens with one attached hydrogen (secondary N) is 1. The third-order valence-electron chi connectivity index (χ3n) is 3.60. The first-order valence-electron chi connectivity index (χ1n) is 7.28. The molecule has 0 saturated carbocycles. The normalized spacial score (nSPS) is 11.0. The number of anilines is 1. The zero-order valence-electron chi connectivity index (χ0n) is 13.0. The molecule has 0 bridgehead atoms. The Morgan fingerprint density at radius 3 is 2.70 bits per heavy atom. The van der Waals surface area contributed by atoms with Crippen molar-refractivity contribution in [3.63, 3.8) is 0 Å². The number of rotatable bonds is 4. The van der Waals surface area contributed by atoms with Crippen molar-refractivity contribution in [2.75, 3.05) is 19.5 Å². The molecule has 0 spiro atoms. The molecule has 0 amide bonds. The van der Waals surface area contributed by atoms with Gasteiger partial charge in [-0.15, -0.1) is 0 Å². The van der Waals surface area contributed by atoms with Gasteiger partial charge in [0.15, 0.2) is 5.43 Å². The highest BCUT2D eigenvalue weighted by molar-refractivity contribution is 5.79. The van der Waals surface area contributed by atoms with E-state index in [1.807, 2.05) is 43.5 Å². The molecule has 0 fully saturated rings. The second-order valence-electron chi connectivity index (χ2n) is 5.05. The summed E-state index contributed by atoms with van der Waals surface area (Å²) in [5.74, 6) is 1.25. The van der Waals surface area contributed by atoms with E-state index in [0.29, 0.717) is 16.7 Å². The van der Waals surface area contributed by atoms with E-state index < -0.39 is 0 Å². The van der Waals surface area contributed by atoms with Crippen molar-refractivity contribution in [2.45, 2.75) is 0 Å². The summed E-state index contributed by atoms with van der Waals surface area (Å²) in [4.78, 5) is 12.1. The van der Waals surface area contributed by atoms with Crippen LogP contribution in [0.25, 0.3) is 23.1 Å². The Bertz CT molecular complexity index is 925. The van der Waals surface area contributed by atoms with Gasteiger partial charge < -0.3 is 14.5 Å². The van der Waals surface area contributed by atoms with Gasteiger partial charge in [0.25, 0.3) is 0 Å². The molecule has 0 radical (unpaired) electrons. The summed E-state index contributed by atoms with van der Waals surface area (Å²) in [5.41, 5.74) is 2.40. The zero-order chi connectivity index (χ0) is 16.2. The molecule has 116 valence electrons. The lowest BCUT2D eigenvalue weighted by molar-refractivity contribution is 0.414. The van der Waals surface area contributed by atoms with Crippen LogP contribution in [0, 0.1) is 0 Å². The predicted molar refractivity (Wildman–Crippen MR) is 94.0 cm³/mol. The maximum atomic E-state index is 12.1.